The molecular weight excluding hydrogens is 2010 g/mol. The van der Waals surface area contributed by atoms with Gasteiger partial charge < -0.3 is 0 Å². The summed E-state index contributed by atoms with van der Waals surface area (Å²) in [6, 6.07) is 85.7. The van der Waals surface area contributed by atoms with Crippen LogP contribution in [0, 0.1) is 0 Å². The Morgan fingerprint density at radius 3 is 0.415 bits per heavy atom. The predicted molar refractivity (Wildman–Crippen MR) is 504 cm³/mol. The Balaban J connectivity index is 0.000000196. The number of benzene rings is 12. The third-order valence-corrected chi connectivity index (χ3v) is 35.6. The minimum atomic E-state index is -4.20. The van der Waals surface area contributed by atoms with Gasteiger partial charge in [-0.15, -0.1) is 0 Å². The number of carbonyl (C=O) groups is 6. The molecule has 123 heavy (non-hydrogen) atoms. The Morgan fingerprint density at radius 1 is 0.195 bits per heavy atom. The SMILES string of the molecule is F.F.F.O=C(C[S+]1CCCC1)c1ccc2ccccc2c1.O=C(C[S+]1CCCC1)c1ccc2ccccc2c1.O=C(C[S+]1CCCC1)c1ccc2ccccc2c1.O=C(C[S+]1CCCC1)c1ccc2ccccc2c1.O=C(C[S+]1CCCC1)c1ccc2ccccc2c1.O=C(C[S+]1CCCC1)c1ccc2ccccc2c1.[O]=[Sb]([O-])[O-].[O]=[Sb]([O-])[O-].[O]=[Sb]([O-])[O-]. The van der Waals surface area contributed by atoms with Gasteiger partial charge in [0.15, 0.2) is 34.5 Å². The molecule has 0 bridgehead atoms. The number of carbonyl (C=O) groups excluding carboxylic acids is 6. The molecule has 15 nitrogen and oxygen atoms in total. The Kier molecular flexibility index (Phi) is 47.4. The molecule has 0 atom stereocenters. The van der Waals surface area contributed by atoms with Crippen molar-refractivity contribution < 1.29 is 72.2 Å². The molecule has 0 saturated carbocycles. The van der Waals surface area contributed by atoms with E-state index in [1.165, 1.54) is 178 Å². The van der Waals surface area contributed by atoms with Crippen molar-refractivity contribution in [3.63, 3.8) is 0 Å². The van der Waals surface area contributed by atoms with Gasteiger partial charge in [-0.2, -0.15) is 0 Å². The number of Topliss-reactive ketones (excluding diaryl/α,β-unsaturated/α-hetero) is 6. The van der Waals surface area contributed by atoms with Crippen molar-refractivity contribution in [3.8, 4) is 0 Å². The Bertz CT molecular complexity index is 4610. The summed E-state index contributed by atoms with van der Waals surface area (Å²) in [5.74, 6) is 21.7. The quantitative estimate of drug-likeness (QED) is 0.0438. The fourth-order valence-electron chi connectivity index (χ4n) is 14.9. The molecule has 6 aliphatic heterocycles. The zero-order valence-electron chi connectivity index (χ0n) is 68.6. The van der Waals surface area contributed by atoms with E-state index in [-0.39, 0.29) is 14.1 Å². The van der Waals surface area contributed by atoms with E-state index in [1.807, 2.05) is 146 Å². The normalized spacial score (nSPS) is 14.9. The second-order valence-corrected chi connectivity index (χ2v) is 47.6. The van der Waals surface area contributed by atoms with Crippen LogP contribution < -0.4 is 20.3 Å². The van der Waals surface area contributed by atoms with Crippen LogP contribution in [0.3, 0.4) is 0 Å². The number of fused-ring (bicyclic) bond motifs is 6. The molecule has 0 N–H and O–H groups in total. The van der Waals surface area contributed by atoms with Gasteiger partial charge in [-0.05, 0) is 243 Å². The van der Waals surface area contributed by atoms with Gasteiger partial charge in [0.1, 0.15) is 69.0 Å². The molecule has 0 amide bonds. The first-order valence-corrected chi connectivity index (χ1v) is 60.3. The average molecular weight is 2110 g/mol. The maximum atomic E-state index is 12.3. The number of ketones is 6. The summed E-state index contributed by atoms with van der Waals surface area (Å²) in [5, 5.41) is 14.2. The molecule has 0 aliphatic carbocycles. The van der Waals surface area contributed by atoms with Crippen LogP contribution in [-0.2, 0) is 74.4 Å². The maximum absolute atomic E-state index is 12.3. The molecule has 0 spiro atoms. The van der Waals surface area contributed by atoms with Crippen molar-refractivity contribution in [2.75, 3.05) is 104 Å². The summed E-state index contributed by atoms with van der Waals surface area (Å²) < 4.78 is 77.4. The van der Waals surface area contributed by atoms with E-state index in [9.17, 15) is 28.8 Å². The van der Waals surface area contributed by atoms with Gasteiger partial charge in [0.25, 0.3) is 0 Å². The Morgan fingerprint density at radius 2 is 0.301 bits per heavy atom. The van der Waals surface area contributed by atoms with Crippen LogP contribution in [-0.4, -0.2) is 201 Å². The molecule has 6 saturated heterocycles. The molecule has 18 rings (SSSR count). The zero-order chi connectivity index (χ0) is 85.0. The summed E-state index contributed by atoms with van der Waals surface area (Å²) >= 11 is -12.6. The average Bonchev–Trinajstić information content (AvgIpc) is 1.74. The van der Waals surface area contributed by atoms with E-state index in [1.54, 1.807) is 0 Å². The molecule has 6 heterocycles. The zero-order valence-corrected chi connectivity index (χ0v) is 81.2. The first-order valence-electron chi connectivity index (χ1n) is 40.6. The summed E-state index contributed by atoms with van der Waals surface area (Å²) in [5.41, 5.74) is 5.30. The van der Waals surface area contributed by atoms with Gasteiger partial charge in [0.2, 0.25) is 34.7 Å². The summed E-state index contributed by atoms with van der Waals surface area (Å²) in [7, 11) is 2.15. The molecule has 3 radical (unpaired) electrons. The topological polar surface area (TPSA) is 292 Å². The molecule has 12 aromatic rings. The van der Waals surface area contributed by atoms with Gasteiger partial charge >= 0.3 is 92.5 Å². The van der Waals surface area contributed by atoms with E-state index in [4.69, 9.17) is 29.4 Å². The standard InChI is InChI=1S/6C16H17OS.3FH.9O.3Sb/c6*17-16(12-18-9-3-4-10-18)15-8-7-13-5-1-2-6-14(13)11-15;;;;;;;;;;;;;;;/h6*1-2,5-8,11H,3-4,9-10,12H2;3*1H;;;;;;;;;;;;/q6*+1;;;;;;;6*-1;;;. The second-order valence-electron chi connectivity index (χ2n) is 29.8. The molecule has 0 unspecified atom stereocenters. The number of halogens is 3. The van der Waals surface area contributed by atoms with E-state index >= 15 is 0 Å². The van der Waals surface area contributed by atoms with Crippen molar-refractivity contribution in [3.05, 3.63) is 288 Å². The first kappa shape index (κ1) is 104. The van der Waals surface area contributed by atoms with Gasteiger partial charge in [0.05, 0.1) is 0 Å². The molecule has 0 aromatic heterocycles. The molecule has 651 valence electrons. The molecular formula is C96H105F3O15S6Sb3. The minimum absolute atomic E-state index is 0. The Hall–Kier alpha value is -6.28. The van der Waals surface area contributed by atoms with Gasteiger partial charge in [-0.3, -0.25) is 42.9 Å². The number of hydrogen-bond donors (Lipinski definition) is 0. The Labute approximate surface area is 761 Å². The summed E-state index contributed by atoms with van der Waals surface area (Å²) in [6.07, 6.45) is 15.8. The van der Waals surface area contributed by atoms with Crippen molar-refractivity contribution in [2.45, 2.75) is 77.0 Å². The van der Waals surface area contributed by atoms with E-state index in [0.717, 1.165) is 100 Å². The third-order valence-electron chi connectivity index (χ3n) is 21.1. The summed E-state index contributed by atoms with van der Waals surface area (Å²) in [6.45, 7) is 0. The van der Waals surface area contributed by atoms with Crippen LogP contribution in [0.25, 0.3) is 64.6 Å². The van der Waals surface area contributed by atoms with E-state index < -0.39 is 63.1 Å². The van der Waals surface area contributed by atoms with Crippen LogP contribution in [0.15, 0.2) is 255 Å². The monoisotopic (exact) mass is 2110 g/mol. The predicted octanol–water partition coefficient (Wildman–Crippen LogP) is 12.4. The van der Waals surface area contributed by atoms with E-state index in [0.29, 0.717) is 100 Å². The molecule has 12 aromatic carbocycles. The van der Waals surface area contributed by atoms with Crippen LogP contribution in [0.2, 0.25) is 0 Å². The second kappa shape index (κ2) is 56.1. The van der Waals surface area contributed by atoms with Gasteiger partial charge in [-0.25, -0.2) is 0 Å². The van der Waals surface area contributed by atoms with Crippen LogP contribution in [0.1, 0.15) is 139 Å². The fourth-order valence-corrected chi connectivity index (χ4v) is 28.5. The van der Waals surface area contributed by atoms with Crippen molar-refractivity contribution in [1.82, 2.24) is 0 Å². The third kappa shape index (κ3) is 36.1. The van der Waals surface area contributed by atoms with Crippen molar-refractivity contribution in [1.29, 1.82) is 0 Å². The molecule has 6 aliphatic rings. The van der Waals surface area contributed by atoms with Gasteiger partial charge in [0, 0.05) is 33.4 Å². The van der Waals surface area contributed by atoms with E-state index in [2.05, 4.69) is 109 Å². The fraction of sp³-hybridized carbons (Fsp3) is 0.312. The van der Waals surface area contributed by atoms with Crippen LogP contribution in [0.4, 0.5) is 14.1 Å². The number of hydrogen-bond acceptors (Lipinski definition) is 15. The van der Waals surface area contributed by atoms with Gasteiger partial charge in [-0.1, -0.05) is 218 Å². The molecule has 27 heteroatoms. The summed E-state index contributed by atoms with van der Waals surface area (Å²) in [4.78, 5) is 73.5. The van der Waals surface area contributed by atoms with Crippen molar-refractivity contribution >= 4 is 228 Å². The van der Waals surface area contributed by atoms with Crippen LogP contribution >= 0.6 is 0 Å². The van der Waals surface area contributed by atoms with Crippen molar-refractivity contribution in [2.24, 2.45) is 0 Å². The van der Waals surface area contributed by atoms with Crippen LogP contribution in [0.5, 0.6) is 0 Å². The molecule has 6 fully saturated rings. The number of rotatable bonds is 18. The first-order chi connectivity index (χ1) is 58.2.